The number of carbonyl (C=O) groups excluding carboxylic acids is 1. The Morgan fingerprint density at radius 1 is 1.15 bits per heavy atom. The Morgan fingerprint density at radius 2 is 1.94 bits per heavy atom. The van der Waals surface area contributed by atoms with Crippen molar-refractivity contribution >= 4 is 17.6 Å². The summed E-state index contributed by atoms with van der Waals surface area (Å²) < 4.78 is 5.56. The second kappa shape index (κ2) is 9.86. The zero-order chi connectivity index (χ0) is 23.5. The lowest BCUT2D eigenvalue weighted by Gasteiger charge is -2.52. The number of piperidine rings is 1. The summed E-state index contributed by atoms with van der Waals surface area (Å²) in [6.07, 6.45) is 4.42. The van der Waals surface area contributed by atoms with E-state index in [1.54, 1.807) is 18.2 Å². The molecular weight excluding hydrogens is 416 g/mol. The van der Waals surface area contributed by atoms with Gasteiger partial charge in [0.1, 0.15) is 17.5 Å². The number of amides is 1. The molecule has 6 nitrogen and oxygen atoms in total. The number of hydrogen-bond acceptors (Lipinski definition) is 4. The molecule has 1 N–H and O–H groups in total. The van der Waals surface area contributed by atoms with Crippen LogP contribution in [-0.4, -0.2) is 41.2 Å². The van der Waals surface area contributed by atoms with Gasteiger partial charge in [-0.05, 0) is 67.9 Å². The Hall–Kier alpha value is -3.02. The van der Waals surface area contributed by atoms with E-state index >= 15 is 0 Å². The monoisotopic (exact) mass is 450 g/mol. The molecule has 2 aliphatic rings. The average molecular weight is 451 g/mol. The summed E-state index contributed by atoms with van der Waals surface area (Å²) in [5.41, 5.74) is 3.39. The van der Waals surface area contributed by atoms with Crippen LogP contribution in [0.2, 0.25) is 0 Å². The first-order valence-corrected chi connectivity index (χ1v) is 12.1. The zero-order valence-electron chi connectivity index (χ0n) is 19.8. The summed E-state index contributed by atoms with van der Waals surface area (Å²) >= 11 is 0. The highest BCUT2D eigenvalue weighted by Gasteiger charge is 2.42. The van der Waals surface area contributed by atoms with Crippen molar-refractivity contribution in [1.29, 1.82) is 0 Å². The highest BCUT2D eigenvalue weighted by atomic mass is 16.5. The summed E-state index contributed by atoms with van der Waals surface area (Å²) in [5, 5.41) is 9.45. The first-order valence-electron chi connectivity index (χ1n) is 12.1. The van der Waals surface area contributed by atoms with E-state index in [1.165, 1.54) is 11.3 Å². The van der Waals surface area contributed by atoms with E-state index in [2.05, 4.69) is 47.9 Å². The van der Waals surface area contributed by atoms with E-state index in [-0.39, 0.29) is 30.1 Å². The van der Waals surface area contributed by atoms with Crippen LogP contribution in [0.5, 0.6) is 5.75 Å². The van der Waals surface area contributed by atoms with E-state index in [0.717, 1.165) is 37.8 Å². The van der Waals surface area contributed by atoms with Gasteiger partial charge in [0.15, 0.2) is 0 Å². The summed E-state index contributed by atoms with van der Waals surface area (Å²) in [5.74, 6) is -0.179. The van der Waals surface area contributed by atoms with Crippen LogP contribution in [-0.2, 0) is 11.2 Å². The predicted molar refractivity (Wildman–Crippen MR) is 129 cm³/mol. The lowest BCUT2D eigenvalue weighted by Crippen LogP contribution is -2.58. The van der Waals surface area contributed by atoms with Gasteiger partial charge in [-0.15, -0.1) is 0 Å². The van der Waals surface area contributed by atoms with Gasteiger partial charge >= 0.3 is 5.97 Å². The van der Waals surface area contributed by atoms with Gasteiger partial charge in [0.25, 0.3) is 0 Å². The van der Waals surface area contributed by atoms with E-state index in [9.17, 15) is 14.7 Å². The number of ether oxygens (including phenoxy) is 1. The Kier molecular flexibility index (Phi) is 6.91. The number of anilines is 1. The van der Waals surface area contributed by atoms with Crippen LogP contribution in [0.1, 0.15) is 74.0 Å². The first-order chi connectivity index (χ1) is 15.9. The smallest absolute Gasteiger partial charge is 0.339 e. The Bertz CT molecular complexity index is 1020. The second-order valence-electron chi connectivity index (χ2n) is 9.42. The normalized spacial score (nSPS) is 19.8. The van der Waals surface area contributed by atoms with Gasteiger partial charge in [0.05, 0.1) is 19.1 Å². The number of rotatable bonds is 7. The molecule has 0 aliphatic carbocycles. The number of fused-ring (bicyclic) bond motifs is 3. The molecule has 2 atom stereocenters. The van der Waals surface area contributed by atoms with E-state index in [1.807, 2.05) is 6.92 Å². The molecule has 0 saturated carbocycles. The molecule has 0 bridgehead atoms. The topological polar surface area (TPSA) is 70.1 Å². The van der Waals surface area contributed by atoms with Crippen LogP contribution < -0.4 is 9.64 Å². The van der Waals surface area contributed by atoms with Gasteiger partial charge in [0, 0.05) is 12.2 Å². The fourth-order valence-corrected chi connectivity index (χ4v) is 5.29. The molecule has 176 valence electrons. The van der Waals surface area contributed by atoms with Crippen molar-refractivity contribution in [1.82, 2.24) is 4.90 Å². The van der Waals surface area contributed by atoms with Crippen molar-refractivity contribution in [3.8, 4) is 5.75 Å². The third kappa shape index (κ3) is 4.70. The number of carboxylic acid groups (broad SMARTS) is 1. The average Bonchev–Trinajstić information content (AvgIpc) is 2.79. The molecule has 33 heavy (non-hydrogen) atoms. The van der Waals surface area contributed by atoms with Crippen LogP contribution >= 0.6 is 0 Å². The Balaban J connectivity index is 1.69. The number of nitrogens with zero attached hydrogens (tertiary/aromatic N) is 2. The molecular formula is C27H34N2O4. The third-order valence-corrected chi connectivity index (χ3v) is 6.65. The first kappa shape index (κ1) is 23.1. The predicted octanol–water partition coefficient (Wildman–Crippen LogP) is 5.27. The molecule has 2 aliphatic heterocycles. The lowest BCUT2D eigenvalue weighted by atomic mass is 9.88. The van der Waals surface area contributed by atoms with E-state index in [0.29, 0.717) is 18.3 Å². The SMILES string of the molecule is CCOc1cc(CC(=O)N2[C@@H](CC(C)C)c3ccccc3N3CCCC[C@@H]32)ccc1C(=O)O. The van der Waals surface area contributed by atoms with Gasteiger partial charge in [-0.25, -0.2) is 4.79 Å². The molecule has 2 aromatic rings. The summed E-state index contributed by atoms with van der Waals surface area (Å²) in [4.78, 5) is 29.9. The van der Waals surface area contributed by atoms with Gasteiger partial charge in [-0.2, -0.15) is 0 Å². The number of carboxylic acids is 1. The van der Waals surface area contributed by atoms with E-state index < -0.39 is 5.97 Å². The van der Waals surface area contributed by atoms with Crippen molar-refractivity contribution < 1.29 is 19.4 Å². The maximum atomic E-state index is 13.9. The molecule has 0 spiro atoms. The molecule has 0 unspecified atom stereocenters. The molecule has 2 aromatic carbocycles. The van der Waals surface area contributed by atoms with E-state index in [4.69, 9.17) is 4.74 Å². The molecule has 0 aromatic heterocycles. The minimum atomic E-state index is -1.03. The molecule has 2 heterocycles. The second-order valence-corrected chi connectivity index (χ2v) is 9.42. The van der Waals surface area contributed by atoms with Crippen LogP contribution in [0.15, 0.2) is 42.5 Å². The van der Waals surface area contributed by atoms with Crippen LogP contribution in [0, 0.1) is 5.92 Å². The van der Waals surface area contributed by atoms with Gasteiger partial charge in [-0.1, -0.05) is 38.1 Å². The van der Waals surface area contributed by atoms with Crippen LogP contribution in [0.4, 0.5) is 5.69 Å². The van der Waals surface area contributed by atoms with Crippen LogP contribution in [0.3, 0.4) is 0 Å². The van der Waals surface area contributed by atoms with Crippen molar-refractivity contribution in [2.75, 3.05) is 18.1 Å². The number of aromatic carboxylic acids is 1. The summed E-state index contributed by atoms with van der Waals surface area (Å²) in [7, 11) is 0. The Labute approximate surface area is 196 Å². The molecule has 1 fully saturated rings. The fraction of sp³-hybridized carbons (Fsp3) is 0.481. The van der Waals surface area contributed by atoms with Crippen LogP contribution in [0.25, 0.3) is 0 Å². The van der Waals surface area contributed by atoms with Gasteiger partial charge in [0.2, 0.25) is 5.91 Å². The zero-order valence-corrected chi connectivity index (χ0v) is 19.8. The van der Waals surface area contributed by atoms with Crippen molar-refractivity contribution in [3.05, 3.63) is 59.2 Å². The summed E-state index contributed by atoms with van der Waals surface area (Å²) in [6.45, 7) is 7.56. The molecule has 0 radical (unpaired) electrons. The Morgan fingerprint density at radius 3 is 2.67 bits per heavy atom. The maximum absolute atomic E-state index is 13.9. The molecule has 1 amide bonds. The standard InChI is InChI=1S/C27H34N2O4/c1-4-33-24-16-19(12-13-21(24)27(31)32)17-26(30)29-23(15-18(2)3)20-9-5-6-10-22(20)28-14-8-7-11-25(28)29/h5-6,9-10,12-13,16,18,23,25H,4,7-8,11,14-15,17H2,1-3H3,(H,31,32)/t23-,25-/m0/s1. The quantitative estimate of drug-likeness (QED) is 0.622. The summed E-state index contributed by atoms with van der Waals surface area (Å²) in [6, 6.07) is 13.5. The highest BCUT2D eigenvalue weighted by molar-refractivity contribution is 5.91. The van der Waals surface area contributed by atoms with Crippen molar-refractivity contribution in [2.24, 2.45) is 5.92 Å². The van der Waals surface area contributed by atoms with Crippen molar-refractivity contribution in [2.45, 2.75) is 65.1 Å². The minimum absolute atomic E-state index is 0.0395. The lowest BCUT2D eigenvalue weighted by molar-refractivity contribution is -0.137. The van der Waals surface area contributed by atoms with Gasteiger partial charge in [-0.3, -0.25) is 4.79 Å². The number of benzene rings is 2. The van der Waals surface area contributed by atoms with Gasteiger partial charge < -0.3 is 19.6 Å². The fourth-order valence-electron chi connectivity index (χ4n) is 5.29. The number of carbonyl (C=O) groups is 2. The molecule has 6 heteroatoms. The molecule has 4 rings (SSSR count). The third-order valence-electron chi connectivity index (χ3n) is 6.65. The van der Waals surface area contributed by atoms with Crippen molar-refractivity contribution in [3.63, 3.8) is 0 Å². The largest absolute Gasteiger partial charge is 0.493 e. The highest BCUT2D eigenvalue weighted by Crippen LogP contribution is 2.44. The number of hydrogen-bond donors (Lipinski definition) is 1. The maximum Gasteiger partial charge on any atom is 0.339 e. The molecule has 1 saturated heterocycles. The minimum Gasteiger partial charge on any atom is -0.493 e. The number of para-hydroxylation sites is 1.